The van der Waals surface area contributed by atoms with E-state index < -0.39 is 11.5 Å². The van der Waals surface area contributed by atoms with Crippen LogP contribution in [0.2, 0.25) is 0 Å². The molecular weight excluding hydrogens is 401 g/mol. The van der Waals surface area contributed by atoms with Crippen molar-refractivity contribution in [3.05, 3.63) is 87.3 Å². The van der Waals surface area contributed by atoms with Crippen LogP contribution in [0.1, 0.15) is 40.1 Å². The van der Waals surface area contributed by atoms with Crippen LogP contribution in [0.25, 0.3) is 0 Å². The van der Waals surface area contributed by atoms with Crippen LogP contribution in [0, 0.1) is 12.7 Å². The molecule has 1 aromatic carbocycles. The van der Waals surface area contributed by atoms with Gasteiger partial charge in [0.15, 0.2) is 0 Å². The molecule has 0 saturated heterocycles. The van der Waals surface area contributed by atoms with Crippen LogP contribution in [0.3, 0.4) is 0 Å². The highest BCUT2D eigenvalue weighted by Crippen LogP contribution is 2.15. The molecule has 0 fully saturated rings. The number of amides is 2. The lowest BCUT2D eigenvalue weighted by Crippen LogP contribution is -2.34. The molecule has 8 nitrogen and oxygen atoms in total. The summed E-state index contributed by atoms with van der Waals surface area (Å²) in [4.78, 5) is 37.0. The maximum absolute atomic E-state index is 13.0. The van der Waals surface area contributed by atoms with Crippen molar-refractivity contribution in [2.45, 2.75) is 33.0 Å². The molecule has 0 aliphatic carbocycles. The highest BCUT2D eigenvalue weighted by molar-refractivity contribution is 5.93. The lowest BCUT2D eigenvalue weighted by molar-refractivity contribution is -0.122. The standard InChI is InChI=1S/C22H24FN5O3/c1-14(19-12-27(3)26-15(19)2)25-20(29)13-28-11-17(6-9-21(28)30)22(31)24-10-16-4-7-18(23)8-5-16/h4-9,11-12,14H,10,13H2,1-3H3,(H,24,31)(H,25,29)/t14-/m0/s1. The van der Waals surface area contributed by atoms with Gasteiger partial charge < -0.3 is 15.2 Å². The second kappa shape index (κ2) is 9.38. The maximum atomic E-state index is 13.0. The molecule has 2 aromatic heterocycles. The fourth-order valence-electron chi connectivity index (χ4n) is 3.24. The summed E-state index contributed by atoms with van der Waals surface area (Å²) in [5.74, 6) is -1.12. The SMILES string of the molecule is Cc1nn(C)cc1[C@H](C)NC(=O)Cn1cc(C(=O)NCc2ccc(F)cc2)ccc1=O. The first kappa shape index (κ1) is 21.9. The van der Waals surface area contributed by atoms with Gasteiger partial charge in [0.05, 0.1) is 17.3 Å². The fraction of sp³-hybridized carbons (Fsp3) is 0.273. The lowest BCUT2D eigenvalue weighted by atomic mass is 10.1. The largest absolute Gasteiger partial charge is 0.348 e. The Balaban J connectivity index is 1.63. The van der Waals surface area contributed by atoms with E-state index in [0.29, 0.717) is 0 Å². The summed E-state index contributed by atoms with van der Waals surface area (Å²) >= 11 is 0. The molecule has 2 N–H and O–H groups in total. The summed E-state index contributed by atoms with van der Waals surface area (Å²) in [7, 11) is 1.80. The number of pyridine rings is 1. The summed E-state index contributed by atoms with van der Waals surface area (Å²) < 4.78 is 15.8. The Bertz CT molecular complexity index is 1150. The molecule has 31 heavy (non-hydrogen) atoms. The Morgan fingerprint density at radius 1 is 1.13 bits per heavy atom. The van der Waals surface area contributed by atoms with Crippen molar-refractivity contribution < 1.29 is 14.0 Å². The molecule has 0 radical (unpaired) electrons. The van der Waals surface area contributed by atoms with E-state index >= 15 is 0 Å². The summed E-state index contributed by atoms with van der Waals surface area (Å²) in [6, 6.07) is 8.15. The zero-order valence-corrected chi connectivity index (χ0v) is 17.6. The number of rotatable bonds is 7. The number of aromatic nitrogens is 3. The van der Waals surface area contributed by atoms with E-state index in [9.17, 15) is 18.8 Å². The van der Waals surface area contributed by atoms with E-state index in [1.54, 1.807) is 23.9 Å². The maximum Gasteiger partial charge on any atom is 0.253 e. The Morgan fingerprint density at radius 3 is 2.48 bits per heavy atom. The third-order valence-electron chi connectivity index (χ3n) is 4.82. The first-order chi connectivity index (χ1) is 14.7. The van der Waals surface area contributed by atoms with E-state index in [-0.39, 0.29) is 36.4 Å². The number of hydrogen-bond acceptors (Lipinski definition) is 4. The quantitative estimate of drug-likeness (QED) is 0.604. The van der Waals surface area contributed by atoms with E-state index in [1.165, 1.54) is 35.0 Å². The number of nitrogens with zero attached hydrogens (tertiary/aromatic N) is 3. The number of hydrogen-bond donors (Lipinski definition) is 2. The molecule has 3 rings (SSSR count). The molecule has 0 saturated carbocycles. The van der Waals surface area contributed by atoms with E-state index in [4.69, 9.17) is 0 Å². The van der Waals surface area contributed by atoms with Crippen LogP contribution >= 0.6 is 0 Å². The Labute approximate surface area is 178 Å². The Hall–Kier alpha value is -3.75. The van der Waals surface area contributed by atoms with Crippen LogP contribution in [0.15, 0.2) is 53.6 Å². The van der Waals surface area contributed by atoms with Gasteiger partial charge in [0.25, 0.3) is 11.5 Å². The van der Waals surface area contributed by atoms with Crippen LogP contribution in [0.5, 0.6) is 0 Å². The first-order valence-electron chi connectivity index (χ1n) is 9.75. The molecule has 0 aliphatic rings. The third-order valence-corrected chi connectivity index (χ3v) is 4.82. The van der Waals surface area contributed by atoms with Gasteiger partial charge >= 0.3 is 0 Å². The number of carbonyl (C=O) groups is 2. The van der Waals surface area contributed by atoms with Crippen LogP contribution < -0.4 is 16.2 Å². The van der Waals surface area contributed by atoms with Gasteiger partial charge in [0.2, 0.25) is 5.91 Å². The number of aryl methyl sites for hydroxylation is 2. The van der Waals surface area contributed by atoms with E-state index in [0.717, 1.165) is 16.8 Å². The second-order valence-electron chi connectivity index (χ2n) is 7.33. The molecular formula is C22H24FN5O3. The Kier molecular flexibility index (Phi) is 6.64. The molecule has 0 bridgehead atoms. The molecule has 162 valence electrons. The molecule has 0 unspecified atom stereocenters. The predicted octanol–water partition coefficient (Wildman–Crippen LogP) is 1.84. The third kappa shape index (κ3) is 5.65. The van der Waals surface area contributed by atoms with Gasteiger partial charge in [0, 0.05) is 37.6 Å². The minimum absolute atomic E-state index is 0.209. The van der Waals surface area contributed by atoms with Gasteiger partial charge in [-0.15, -0.1) is 0 Å². The van der Waals surface area contributed by atoms with Crippen molar-refractivity contribution in [2.75, 3.05) is 0 Å². The smallest absolute Gasteiger partial charge is 0.253 e. The van der Waals surface area contributed by atoms with Crippen molar-refractivity contribution in [2.24, 2.45) is 7.05 Å². The van der Waals surface area contributed by atoms with E-state index in [1.807, 2.05) is 20.0 Å². The summed E-state index contributed by atoms with van der Waals surface area (Å²) in [6.45, 7) is 3.68. The lowest BCUT2D eigenvalue weighted by Gasteiger charge is -2.14. The van der Waals surface area contributed by atoms with Crippen LogP contribution in [-0.2, 0) is 24.9 Å². The molecule has 2 heterocycles. The molecule has 1 atom stereocenters. The summed E-state index contributed by atoms with van der Waals surface area (Å²) in [5, 5.41) is 9.81. The monoisotopic (exact) mass is 425 g/mol. The normalized spacial score (nSPS) is 11.7. The first-order valence-corrected chi connectivity index (χ1v) is 9.75. The summed E-state index contributed by atoms with van der Waals surface area (Å²) in [6.07, 6.45) is 3.18. The van der Waals surface area contributed by atoms with Crippen molar-refractivity contribution in [1.82, 2.24) is 25.0 Å². The molecule has 3 aromatic rings. The van der Waals surface area contributed by atoms with Crippen molar-refractivity contribution in [1.29, 1.82) is 0 Å². The Morgan fingerprint density at radius 2 is 1.84 bits per heavy atom. The van der Waals surface area contributed by atoms with Gasteiger partial charge in [0.1, 0.15) is 12.4 Å². The molecule has 2 amide bonds. The topological polar surface area (TPSA) is 98.0 Å². The average molecular weight is 425 g/mol. The van der Waals surface area contributed by atoms with Crippen molar-refractivity contribution in [3.8, 4) is 0 Å². The molecule has 0 aliphatic heterocycles. The van der Waals surface area contributed by atoms with Gasteiger partial charge in [-0.05, 0) is 37.6 Å². The number of nitrogens with one attached hydrogen (secondary N) is 2. The van der Waals surface area contributed by atoms with Gasteiger partial charge in [-0.25, -0.2) is 4.39 Å². The number of carbonyl (C=O) groups excluding carboxylic acids is 2. The van der Waals surface area contributed by atoms with Crippen molar-refractivity contribution >= 4 is 11.8 Å². The predicted molar refractivity (Wildman–Crippen MR) is 113 cm³/mol. The summed E-state index contributed by atoms with van der Waals surface area (Å²) in [5.41, 5.74) is 2.28. The average Bonchev–Trinajstić information content (AvgIpc) is 3.07. The second-order valence-corrected chi connectivity index (χ2v) is 7.33. The highest BCUT2D eigenvalue weighted by atomic mass is 19.1. The fourth-order valence-corrected chi connectivity index (χ4v) is 3.24. The molecule has 0 spiro atoms. The van der Waals surface area contributed by atoms with Gasteiger partial charge in [-0.3, -0.25) is 19.1 Å². The highest BCUT2D eigenvalue weighted by Gasteiger charge is 2.16. The number of halogens is 1. The molecule has 9 heteroatoms. The minimum atomic E-state index is -0.405. The number of benzene rings is 1. The van der Waals surface area contributed by atoms with Crippen LogP contribution in [0.4, 0.5) is 4.39 Å². The zero-order valence-electron chi connectivity index (χ0n) is 17.6. The van der Waals surface area contributed by atoms with Crippen molar-refractivity contribution in [3.63, 3.8) is 0 Å². The van der Waals surface area contributed by atoms with E-state index in [2.05, 4.69) is 15.7 Å². The minimum Gasteiger partial charge on any atom is -0.348 e. The van der Waals surface area contributed by atoms with Crippen LogP contribution in [-0.4, -0.2) is 26.2 Å². The zero-order chi connectivity index (χ0) is 22.5. The van der Waals surface area contributed by atoms with Gasteiger partial charge in [-0.2, -0.15) is 5.10 Å². The van der Waals surface area contributed by atoms with Gasteiger partial charge in [-0.1, -0.05) is 12.1 Å².